The van der Waals surface area contributed by atoms with Crippen molar-refractivity contribution in [3.8, 4) is 0 Å². The highest BCUT2D eigenvalue weighted by atomic mass is 28.4. The summed E-state index contributed by atoms with van der Waals surface area (Å²) in [5.74, 6) is 0.0555. The van der Waals surface area contributed by atoms with Gasteiger partial charge in [-0.25, -0.2) is 0 Å². The monoisotopic (exact) mass is 258 g/mol. The van der Waals surface area contributed by atoms with Gasteiger partial charge in [0, 0.05) is 0 Å². The lowest BCUT2D eigenvalue weighted by Gasteiger charge is -2.37. The van der Waals surface area contributed by atoms with Crippen LogP contribution < -0.4 is 0 Å². The van der Waals surface area contributed by atoms with Gasteiger partial charge in [0.25, 0.3) is 0 Å². The number of hydrogen-bond donors (Lipinski definition) is 0. The van der Waals surface area contributed by atoms with E-state index in [9.17, 15) is 4.79 Å². The number of carbonyl (C=O) groups excluding carboxylic acids is 1. The molecule has 4 nitrogen and oxygen atoms in total. The van der Waals surface area contributed by atoms with Crippen molar-refractivity contribution in [2.24, 2.45) is 0 Å². The van der Waals surface area contributed by atoms with Crippen molar-refractivity contribution in [3.63, 3.8) is 0 Å². The summed E-state index contributed by atoms with van der Waals surface area (Å²) in [7, 11) is -1.80. The molecule has 0 N–H and O–H groups in total. The fourth-order valence-electron chi connectivity index (χ4n) is 1.63. The Labute approximate surface area is 104 Å². The second-order valence-corrected chi connectivity index (χ2v) is 11.2. The van der Waals surface area contributed by atoms with Crippen molar-refractivity contribution in [2.75, 3.05) is 13.2 Å². The van der Waals surface area contributed by atoms with Gasteiger partial charge in [-0.15, -0.1) is 0 Å². The van der Waals surface area contributed by atoms with Gasteiger partial charge in [0.1, 0.15) is 18.3 Å². The molecule has 0 saturated carbocycles. The summed E-state index contributed by atoms with van der Waals surface area (Å²) in [6, 6.07) is 0. The van der Waals surface area contributed by atoms with Crippen LogP contribution in [0.3, 0.4) is 0 Å². The molecule has 3 atom stereocenters. The van der Waals surface area contributed by atoms with E-state index >= 15 is 0 Å². The van der Waals surface area contributed by atoms with Gasteiger partial charge in [-0.3, -0.25) is 4.79 Å². The zero-order valence-electron chi connectivity index (χ0n) is 11.3. The van der Waals surface area contributed by atoms with Crippen LogP contribution in [0.15, 0.2) is 0 Å². The molecule has 0 aromatic carbocycles. The molecule has 17 heavy (non-hydrogen) atoms. The summed E-state index contributed by atoms with van der Waals surface area (Å²) < 4.78 is 16.7. The highest BCUT2D eigenvalue weighted by molar-refractivity contribution is 6.74. The molecule has 5 heteroatoms. The smallest absolute Gasteiger partial charge is 0.195 e. The molecule has 0 amide bonds. The summed E-state index contributed by atoms with van der Waals surface area (Å²) in [5, 5.41) is 0.156. The molecular weight excluding hydrogens is 236 g/mol. The predicted molar refractivity (Wildman–Crippen MR) is 66.6 cm³/mol. The Balaban J connectivity index is 1.87. The number of ketones is 1. The average Bonchev–Trinajstić information content (AvgIpc) is 2.95. The highest BCUT2D eigenvalue weighted by Gasteiger charge is 2.52. The minimum atomic E-state index is -1.80. The van der Waals surface area contributed by atoms with Crippen LogP contribution in [0.25, 0.3) is 0 Å². The minimum Gasteiger partial charge on any atom is -0.414 e. The van der Waals surface area contributed by atoms with E-state index in [-0.39, 0.29) is 23.0 Å². The molecule has 2 aliphatic rings. The standard InChI is InChI=1S/C12H22O4Si/c1-12(2,3)17(4,5)15-7-8-10(13)11-9(16-11)6-14-8/h8-9,11H,6-7H2,1-5H3/t8-,9+,11+/m1/s1. The van der Waals surface area contributed by atoms with Crippen molar-refractivity contribution in [1.29, 1.82) is 0 Å². The third-order valence-electron chi connectivity index (χ3n) is 4.04. The summed E-state index contributed by atoms with van der Waals surface area (Å²) in [6.07, 6.45) is -0.615. The van der Waals surface area contributed by atoms with Crippen LogP contribution in [0.1, 0.15) is 20.8 Å². The maximum absolute atomic E-state index is 11.8. The molecule has 98 valence electrons. The van der Waals surface area contributed by atoms with E-state index in [1.807, 2.05) is 0 Å². The second-order valence-electron chi connectivity index (χ2n) is 6.39. The minimum absolute atomic E-state index is 0.0200. The largest absolute Gasteiger partial charge is 0.414 e. The van der Waals surface area contributed by atoms with Gasteiger partial charge in [-0.1, -0.05) is 20.8 Å². The van der Waals surface area contributed by atoms with E-state index in [0.29, 0.717) is 13.2 Å². The van der Waals surface area contributed by atoms with Gasteiger partial charge in [0.05, 0.1) is 13.2 Å². The van der Waals surface area contributed by atoms with Gasteiger partial charge in [-0.2, -0.15) is 0 Å². The number of carbonyl (C=O) groups is 1. The molecule has 0 bridgehead atoms. The van der Waals surface area contributed by atoms with Crippen molar-refractivity contribution < 1.29 is 18.7 Å². The Morgan fingerprint density at radius 3 is 2.65 bits per heavy atom. The van der Waals surface area contributed by atoms with E-state index < -0.39 is 14.4 Å². The van der Waals surface area contributed by atoms with Crippen molar-refractivity contribution in [1.82, 2.24) is 0 Å². The molecule has 0 aromatic rings. The van der Waals surface area contributed by atoms with Gasteiger partial charge < -0.3 is 13.9 Å². The third-order valence-corrected chi connectivity index (χ3v) is 8.54. The van der Waals surface area contributed by atoms with E-state index in [0.717, 1.165) is 0 Å². The first kappa shape index (κ1) is 13.2. The topological polar surface area (TPSA) is 48.1 Å². The highest BCUT2D eigenvalue weighted by Crippen LogP contribution is 2.37. The van der Waals surface area contributed by atoms with Crippen molar-refractivity contribution >= 4 is 14.1 Å². The van der Waals surface area contributed by atoms with Crippen LogP contribution in [0.5, 0.6) is 0 Å². The average molecular weight is 258 g/mol. The van der Waals surface area contributed by atoms with Gasteiger partial charge in [0.15, 0.2) is 14.1 Å². The lowest BCUT2D eigenvalue weighted by molar-refractivity contribution is -0.135. The van der Waals surface area contributed by atoms with E-state index in [4.69, 9.17) is 13.9 Å². The van der Waals surface area contributed by atoms with Crippen LogP contribution in [0.4, 0.5) is 0 Å². The third kappa shape index (κ3) is 2.62. The number of epoxide rings is 1. The van der Waals surface area contributed by atoms with E-state index in [2.05, 4.69) is 33.9 Å². The molecule has 2 rings (SSSR count). The molecule has 0 aromatic heterocycles. The Morgan fingerprint density at radius 2 is 2.06 bits per heavy atom. The van der Waals surface area contributed by atoms with Crippen LogP contribution in [0.2, 0.25) is 18.1 Å². The number of rotatable bonds is 3. The molecule has 2 fully saturated rings. The zero-order chi connectivity index (χ0) is 12.8. The lowest BCUT2D eigenvalue weighted by atomic mass is 10.1. The van der Waals surface area contributed by atoms with Gasteiger partial charge >= 0.3 is 0 Å². The molecular formula is C12H22O4Si. The fraction of sp³-hybridized carbons (Fsp3) is 0.917. The first-order valence-corrected chi connectivity index (χ1v) is 9.08. The van der Waals surface area contributed by atoms with Gasteiger partial charge in [0.2, 0.25) is 0 Å². The SMILES string of the molecule is CC(C)(C)[Si](C)(C)OC[C@H]1OC[C@@H]2O[C@@H]2C1=O. The van der Waals surface area contributed by atoms with Crippen LogP contribution in [0, 0.1) is 0 Å². The normalized spacial score (nSPS) is 33.5. The number of fused-ring (bicyclic) bond motifs is 1. The summed E-state index contributed by atoms with van der Waals surface area (Å²) in [6.45, 7) is 11.8. The number of Topliss-reactive ketones (excluding diaryl/α,β-unsaturated/α-hetero) is 1. The molecule has 2 saturated heterocycles. The zero-order valence-corrected chi connectivity index (χ0v) is 12.3. The lowest BCUT2D eigenvalue weighted by Crippen LogP contribution is -2.46. The van der Waals surface area contributed by atoms with Crippen LogP contribution in [-0.4, -0.2) is 45.6 Å². The summed E-state index contributed by atoms with van der Waals surface area (Å²) in [4.78, 5) is 11.8. The Bertz CT molecular complexity index is 321. The Hall–Kier alpha value is -0.233. The van der Waals surface area contributed by atoms with Crippen molar-refractivity contribution in [3.05, 3.63) is 0 Å². The molecule has 0 radical (unpaired) electrons. The molecule has 0 spiro atoms. The number of hydrogen-bond acceptors (Lipinski definition) is 4. The second kappa shape index (κ2) is 4.15. The first-order valence-electron chi connectivity index (χ1n) is 6.17. The van der Waals surface area contributed by atoms with E-state index in [1.54, 1.807) is 0 Å². The molecule has 2 heterocycles. The molecule has 2 aliphatic heterocycles. The van der Waals surface area contributed by atoms with Crippen LogP contribution >= 0.6 is 0 Å². The van der Waals surface area contributed by atoms with Crippen LogP contribution in [-0.2, 0) is 18.7 Å². The van der Waals surface area contributed by atoms with E-state index in [1.165, 1.54) is 0 Å². The van der Waals surface area contributed by atoms with Gasteiger partial charge in [-0.05, 0) is 18.1 Å². The maximum Gasteiger partial charge on any atom is 0.195 e. The number of ether oxygens (including phenoxy) is 2. The van der Waals surface area contributed by atoms with Crippen molar-refractivity contribution in [2.45, 2.75) is 57.2 Å². The summed E-state index contributed by atoms with van der Waals surface area (Å²) in [5.41, 5.74) is 0. The Morgan fingerprint density at radius 1 is 1.41 bits per heavy atom. The first-order chi connectivity index (χ1) is 7.72. The molecule has 0 unspecified atom stereocenters. The quantitative estimate of drug-likeness (QED) is 0.571. The maximum atomic E-state index is 11.8. The molecule has 0 aliphatic carbocycles. The Kier molecular flexibility index (Phi) is 3.23. The summed E-state index contributed by atoms with van der Waals surface area (Å²) >= 11 is 0. The predicted octanol–water partition coefficient (Wildman–Crippen LogP) is 1.74. The fourth-order valence-corrected chi connectivity index (χ4v) is 2.63.